The molecule has 0 bridgehead atoms. The van der Waals surface area contributed by atoms with E-state index in [1.165, 1.54) is 148 Å². The Morgan fingerprint density at radius 1 is 0.193 bits per heavy atom. The van der Waals surface area contributed by atoms with E-state index in [2.05, 4.69) is 457 Å². The molecule has 0 aliphatic heterocycles. The first-order chi connectivity index (χ1) is 55.9. The fraction of sp³-hybridized carbons (Fsp3) is 0.0182. The van der Waals surface area contributed by atoms with Gasteiger partial charge in [-0.05, 0) is 256 Å². The van der Waals surface area contributed by atoms with Gasteiger partial charge in [0.2, 0.25) is 0 Å². The van der Waals surface area contributed by atoms with Crippen molar-refractivity contribution < 1.29 is 0 Å². The molecule has 0 unspecified atom stereocenters. The molecule has 546 valence electrons. The Balaban J connectivity index is 0.000000140. The molecule has 0 radical (unpaired) electrons. The van der Waals surface area contributed by atoms with Crippen LogP contribution in [-0.2, 0) is 0 Å². The largest absolute Gasteiger partial charge is 0.356 e. The standard InChI is InChI=1S/C54H37N.C32H23N.C22H15Cl.CH3I.CH4/c1-2-13-40(14-3-1)54-37-45(35-44-17-6-9-24-53(44)54)43-20-10-21-48(36-43)55(46-31-27-41(28-32-46)51-25-11-18-38-15-4-7-22-49(38)51)47-33-29-42(30-34-47)52-26-12-19-39-16-5-8-23-50(39)52;1-3-11-29-23(7-1)9-5-13-31(29)25-15-19-27(20-16-25)33-28-21-17-26(18-22-28)32-14-6-10-24-8-2-4-12-30(24)32;23-20-11-6-10-17(14-20)19-13-18-9-4-5-12-21(18)22(15-19)16-7-2-1-3-8-16;1-2;/h1-37H;1-22,33H;1-15H;1H3;1H4. The van der Waals surface area contributed by atoms with Crippen LogP contribution in [0.4, 0.5) is 28.4 Å². The number of nitrogens with one attached hydrogen (secondary N) is 1. The van der Waals surface area contributed by atoms with Crippen LogP contribution in [-0.4, -0.2) is 4.93 Å². The van der Waals surface area contributed by atoms with Gasteiger partial charge in [-0.3, -0.25) is 0 Å². The first-order valence-corrected chi connectivity index (χ1v) is 40.8. The second kappa shape index (κ2) is 34.9. The highest BCUT2D eigenvalue weighted by Gasteiger charge is 2.18. The molecule has 0 aliphatic rings. The number of benzene rings is 20. The smallest absolute Gasteiger partial charge is 0.0467 e. The van der Waals surface area contributed by atoms with Crippen molar-refractivity contribution in [3.63, 3.8) is 0 Å². The Kier molecular flexibility index (Phi) is 22.8. The number of nitrogens with zero attached hydrogens (tertiary/aromatic N) is 1. The van der Waals surface area contributed by atoms with Gasteiger partial charge in [-0.15, -0.1) is 0 Å². The molecule has 0 atom stereocenters. The summed E-state index contributed by atoms with van der Waals surface area (Å²) in [5.74, 6) is 0. The molecule has 20 aromatic carbocycles. The third-order valence-electron chi connectivity index (χ3n) is 21.2. The summed E-state index contributed by atoms with van der Waals surface area (Å²) in [7, 11) is 0. The van der Waals surface area contributed by atoms with Crippen molar-refractivity contribution in [2.24, 2.45) is 0 Å². The maximum Gasteiger partial charge on any atom is 0.0467 e. The lowest BCUT2D eigenvalue weighted by Gasteiger charge is -2.26. The molecule has 0 fully saturated rings. The van der Waals surface area contributed by atoms with E-state index < -0.39 is 0 Å². The molecule has 20 rings (SSSR count). The number of hydrogen-bond acceptors (Lipinski definition) is 2. The van der Waals surface area contributed by atoms with Crippen LogP contribution in [0.5, 0.6) is 0 Å². The van der Waals surface area contributed by atoms with E-state index >= 15 is 0 Å². The van der Waals surface area contributed by atoms with Crippen LogP contribution in [0.3, 0.4) is 0 Å². The van der Waals surface area contributed by atoms with Crippen molar-refractivity contribution in [2.75, 3.05) is 15.1 Å². The van der Waals surface area contributed by atoms with Crippen molar-refractivity contribution in [2.45, 2.75) is 7.43 Å². The van der Waals surface area contributed by atoms with Crippen molar-refractivity contribution in [3.8, 4) is 89.0 Å². The van der Waals surface area contributed by atoms with Crippen molar-refractivity contribution in [1.29, 1.82) is 0 Å². The minimum absolute atomic E-state index is 0. The monoisotopic (exact) mass is 1590 g/mol. The van der Waals surface area contributed by atoms with Gasteiger partial charge in [0.05, 0.1) is 0 Å². The van der Waals surface area contributed by atoms with Crippen LogP contribution in [0.15, 0.2) is 449 Å². The highest BCUT2D eigenvalue weighted by molar-refractivity contribution is 14.1. The summed E-state index contributed by atoms with van der Waals surface area (Å²) in [6, 6.07) is 160. The molecular weight excluding hydrogens is 1510 g/mol. The zero-order valence-corrected chi connectivity index (χ0v) is 65.3. The molecule has 0 heterocycles. The van der Waals surface area contributed by atoms with Gasteiger partial charge < -0.3 is 10.2 Å². The van der Waals surface area contributed by atoms with Gasteiger partial charge in [-0.2, -0.15) is 0 Å². The Morgan fingerprint density at radius 2 is 0.456 bits per heavy atom. The van der Waals surface area contributed by atoms with E-state index in [0.29, 0.717) is 0 Å². The maximum atomic E-state index is 6.17. The summed E-state index contributed by atoms with van der Waals surface area (Å²) in [5.41, 5.74) is 24.9. The lowest BCUT2D eigenvalue weighted by atomic mass is 9.93. The van der Waals surface area contributed by atoms with E-state index in [1.54, 1.807) is 0 Å². The molecule has 20 aromatic rings. The van der Waals surface area contributed by atoms with Gasteiger partial charge in [0.1, 0.15) is 0 Å². The van der Waals surface area contributed by atoms with Gasteiger partial charge in [-0.1, -0.05) is 393 Å². The summed E-state index contributed by atoms with van der Waals surface area (Å²) < 4.78 is 0. The Labute approximate surface area is 687 Å². The summed E-state index contributed by atoms with van der Waals surface area (Å²) in [5, 5.41) is 19.4. The maximum absolute atomic E-state index is 6.17. The summed E-state index contributed by atoms with van der Waals surface area (Å²) in [6.45, 7) is 0. The van der Waals surface area contributed by atoms with Crippen LogP contribution < -0.4 is 10.2 Å². The van der Waals surface area contributed by atoms with Gasteiger partial charge in [0, 0.05) is 33.5 Å². The fourth-order valence-corrected chi connectivity index (χ4v) is 15.9. The van der Waals surface area contributed by atoms with E-state index in [1.807, 2.05) is 29.2 Å². The molecule has 0 amide bonds. The molecule has 0 saturated carbocycles. The minimum atomic E-state index is 0. The average molecular weight is 1590 g/mol. The van der Waals surface area contributed by atoms with Crippen molar-refractivity contribution >= 4 is 127 Å². The SMILES string of the molecule is C.CI.Clc1cccc(-c2cc(-c3ccccc3)c3ccccc3c2)c1.c1ccc(-c2cc(-c3cccc(N(c4ccc(-c5cccc6ccccc56)cc4)c4ccc(-c5cccc6ccccc56)cc4)c3)cc3ccccc23)cc1.c1ccc2c(-c3ccc(Nc4ccc(-c5cccc6ccccc56)cc4)cc3)cccc2c1. The third kappa shape index (κ3) is 16.2. The van der Waals surface area contributed by atoms with E-state index in [4.69, 9.17) is 11.6 Å². The third-order valence-corrected chi connectivity index (χ3v) is 21.4. The Hall–Kier alpha value is -13.4. The zero-order chi connectivity index (χ0) is 76.2. The van der Waals surface area contributed by atoms with Gasteiger partial charge in [0.15, 0.2) is 0 Å². The number of rotatable bonds is 13. The second-order valence-electron chi connectivity index (χ2n) is 28.1. The van der Waals surface area contributed by atoms with Crippen molar-refractivity contribution in [1.82, 2.24) is 0 Å². The highest BCUT2D eigenvalue weighted by atomic mass is 127. The van der Waals surface area contributed by atoms with Crippen LogP contribution in [0.25, 0.3) is 154 Å². The quantitative estimate of drug-likeness (QED) is 0.0914. The van der Waals surface area contributed by atoms with Crippen LogP contribution in [0.1, 0.15) is 7.43 Å². The normalized spacial score (nSPS) is 10.9. The average Bonchev–Trinajstić information content (AvgIpc) is 0.804. The highest BCUT2D eigenvalue weighted by Crippen LogP contribution is 2.43. The summed E-state index contributed by atoms with van der Waals surface area (Å²) in [6.07, 6.45) is 0. The predicted octanol–water partition coefficient (Wildman–Crippen LogP) is 32.9. The predicted molar refractivity (Wildman–Crippen MR) is 504 cm³/mol. The molecule has 1 N–H and O–H groups in total. The molecule has 0 aromatic heterocycles. The van der Waals surface area contributed by atoms with Crippen LogP contribution in [0, 0.1) is 0 Å². The molecule has 0 aliphatic carbocycles. The Morgan fingerprint density at radius 3 is 0.807 bits per heavy atom. The van der Waals surface area contributed by atoms with Gasteiger partial charge in [0.25, 0.3) is 0 Å². The fourth-order valence-electron chi connectivity index (χ4n) is 15.7. The van der Waals surface area contributed by atoms with Crippen LogP contribution >= 0.6 is 34.2 Å². The van der Waals surface area contributed by atoms with E-state index in [-0.39, 0.29) is 7.43 Å². The number of fused-ring (bicyclic) bond motifs is 6. The van der Waals surface area contributed by atoms with Crippen LogP contribution in [0.2, 0.25) is 5.02 Å². The minimum Gasteiger partial charge on any atom is -0.356 e. The van der Waals surface area contributed by atoms with E-state index in [9.17, 15) is 0 Å². The summed E-state index contributed by atoms with van der Waals surface area (Å²) in [4.78, 5) is 4.35. The topological polar surface area (TPSA) is 15.3 Å². The molecule has 2 nitrogen and oxygen atoms in total. The number of anilines is 5. The molecule has 4 heteroatoms. The number of alkyl halides is 1. The number of hydrogen-bond donors (Lipinski definition) is 1. The van der Waals surface area contributed by atoms with Gasteiger partial charge >= 0.3 is 0 Å². The van der Waals surface area contributed by atoms with E-state index in [0.717, 1.165) is 39.0 Å². The lowest BCUT2D eigenvalue weighted by Crippen LogP contribution is -2.10. The molecule has 0 saturated heterocycles. The zero-order valence-electron chi connectivity index (χ0n) is 62.4. The molecular formula is C110H82ClIN2. The molecule has 114 heavy (non-hydrogen) atoms. The second-order valence-corrected chi connectivity index (χ2v) is 28.5. The molecule has 0 spiro atoms. The van der Waals surface area contributed by atoms with Crippen molar-refractivity contribution in [3.05, 3.63) is 454 Å². The first kappa shape index (κ1) is 74.7. The summed E-state index contributed by atoms with van der Waals surface area (Å²) >= 11 is 8.32. The first-order valence-electron chi connectivity index (χ1n) is 38.2. The lowest BCUT2D eigenvalue weighted by molar-refractivity contribution is 1.28. The van der Waals surface area contributed by atoms with Gasteiger partial charge in [-0.25, -0.2) is 0 Å². The number of halogens is 2. The Bertz CT molecular complexity index is 6460.